The minimum Gasteiger partial charge on any atom is -0.307 e. The van der Waals surface area contributed by atoms with Crippen molar-refractivity contribution in [2.24, 2.45) is 0 Å². The lowest BCUT2D eigenvalue weighted by Crippen LogP contribution is -2.17. The molecule has 0 aliphatic heterocycles. The molecule has 1 nitrogen and oxygen atoms in total. The highest BCUT2D eigenvalue weighted by atomic mass is 14.9. The van der Waals surface area contributed by atoms with E-state index in [0.717, 1.165) is 6.54 Å². The zero-order chi connectivity index (χ0) is 8.39. The first-order valence-electron chi connectivity index (χ1n) is 4.42. The minimum atomic E-state index is 0.436. The van der Waals surface area contributed by atoms with Gasteiger partial charge in [-0.25, -0.2) is 0 Å². The molecule has 62 valence electrons. The molecule has 0 heterocycles. The molecule has 0 aromatic heterocycles. The Hall–Kier alpha value is -1.08. The van der Waals surface area contributed by atoms with E-state index in [4.69, 9.17) is 0 Å². The number of hydrogen-bond donors (Lipinski definition) is 1. The van der Waals surface area contributed by atoms with E-state index < -0.39 is 0 Å². The van der Waals surface area contributed by atoms with Gasteiger partial charge in [0.05, 0.1) is 6.04 Å². The van der Waals surface area contributed by atoms with Gasteiger partial charge < -0.3 is 5.32 Å². The summed E-state index contributed by atoms with van der Waals surface area (Å²) in [5.41, 5.74) is 2.75. The van der Waals surface area contributed by atoms with Gasteiger partial charge in [-0.3, -0.25) is 0 Å². The van der Waals surface area contributed by atoms with Gasteiger partial charge in [-0.2, -0.15) is 0 Å². The summed E-state index contributed by atoms with van der Waals surface area (Å²) < 4.78 is 0. The molecular formula is C11H13N. The van der Waals surface area contributed by atoms with Gasteiger partial charge in [-0.15, -0.1) is 0 Å². The van der Waals surface area contributed by atoms with Crippen LogP contribution in [0.1, 0.15) is 24.1 Å². The normalized spacial score (nSPS) is 19.6. The molecule has 0 bridgehead atoms. The molecule has 0 saturated carbocycles. The molecule has 0 spiro atoms. The average Bonchev–Trinajstić information content (AvgIpc) is 2.50. The van der Waals surface area contributed by atoms with Gasteiger partial charge in [-0.05, 0) is 17.7 Å². The first-order valence-corrected chi connectivity index (χ1v) is 4.42. The van der Waals surface area contributed by atoms with Crippen LogP contribution < -0.4 is 5.32 Å². The molecule has 1 aliphatic rings. The molecule has 1 aliphatic carbocycles. The van der Waals surface area contributed by atoms with E-state index in [-0.39, 0.29) is 0 Å². The van der Waals surface area contributed by atoms with Crippen molar-refractivity contribution in [3.63, 3.8) is 0 Å². The third-order valence-corrected chi connectivity index (χ3v) is 2.22. The van der Waals surface area contributed by atoms with E-state index in [0.29, 0.717) is 6.04 Å². The lowest BCUT2D eigenvalue weighted by Gasteiger charge is -2.10. The van der Waals surface area contributed by atoms with E-state index in [1.54, 1.807) is 0 Å². The van der Waals surface area contributed by atoms with E-state index in [1.807, 2.05) is 0 Å². The van der Waals surface area contributed by atoms with Crippen LogP contribution in [0.5, 0.6) is 0 Å². The molecule has 1 aromatic carbocycles. The van der Waals surface area contributed by atoms with Crippen LogP contribution in [-0.2, 0) is 0 Å². The number of benzene rings is 1. The number of nitrogens with one attached hydrogen (secondary N) is 1. The van der Waals surface area contributed by atoms with Crippen LogP contribution in [0.25, 0.3) is 6.08 Å². The summed E-state index contributed by atoms with van der Waals surface area (Å²) in [6.45, 7) is 3.15. The van der Waals surface area contributed by atoms with Crippen molar-refractivity contribution in [2.75, 3.05) is 6.54 Å². The SMILES string of the molecule is CCNC1C=Cc2ccccc21. The average molecular weight is 159 g/mol. The Balaban J connectivity index is 2.30. The van der Waals surface area contributed by atoms with Crippen LogP contribution in [0.15, 0.2) is 30.3 Å². The van der Waals surface area contributed by atoms with Crippen LogP contribution in [0.3, 0.4) is 0 Å². The van der Waals surface area contributed by atoms with Crippen molar-refractivity contribution < 1.29 is 0 Å². The molecule has 2 rings (SSSR count). The highest BCUT2D eigenvalue weighted by Gasteiger charge is 2.14. The van der Waals surface area contributed by atoms with Gasteiger partial charge in [0.15, 0.2) is 0 Å². The fraction of sp³-hybridized carbons (Fsp3) is 0.273. The highest BCUT2D eigenvalue weighted by Crippen LogP contribution is 2.27. The van der Waals surface area contributed by atoms with Crippen molar-refractivity contribution in [3.05, 3.63) is 41.5 Å². The lowest BCUT2D eigenvalue weighted by atomic mass is 10.1. The molecule has 1 N–H and O–H groups in total. The maximum atomic E-state index is 3.41. The van der Waals surface area contributed by atoms with Crippen molar-refractivity contribution >= 4 is 6.08 Å². The summed E-state index contributed by atoms with van der Waals surface area (Å²) in [6.07, 6.45) is 4.40. The standard InChI is InChI=1S/C11H13N/c1-2-12-11-8-7-9-5-3-4-6-10(9)11/h3-8,11-12H,2H2,1H3. The maximum absolute atomic E-state index is 3.41. The van der Waals surface area contributed by atoms with Gasteiger partial charge in [-0.1, -0.05) is 43.3 Å². The van der Waals surface area contributed by atoms with E-state index in [1.165, 1.54) is 11.1 Å². The summed E-state index contributed by atoms with van der Waals surface area (Å²) in [6, 6.07) is 8.95. The maximum Gasteiger partial charge on any atom is 0.0515 e. The molecule has 12 heavy (non-hydrogen) atoms. The largest absolute Gasteiger partial charge is 0.307 e. The van der Waals surface area contributed by atoms with Crippen molar-refractivity contribution in [2.45, 2.75) is 13.0 Å². The van der Waals surface area contributed by atoms with Gasteiger partial charge in [0.2, 0.25) is 0 Å². The Kier molecular flexibility index (Phi) is 1.96. The van der Waals surface area contributed by atoms with E-state index >= 15 is 0 Å². The molecule has 0 fully saturated rings. The molecule has 1 atom stereocenters. The summed E-state index contributed by atoms with van der Waals surface area (Å²) in [5, 5.41) is 3.41. The topological polar surface area (TPSA) is 12.0 Å². The number of hydrogen-bond acceptors (Lipinski definition) is 1. The summed E-state index contributed by atoms with van der Waals surface area (Å²) in [7, 11) is 0. The lowest BCUT2D eigenvalue weighted by molar-refractivity contribution is 0.656. The Morgan fingerprint density at radius 1 is 1.33 bits per heavy atom. The zero-order valence-corrected chi connectivity index (χ0v) is 7.25. The molecule has 1 unspecified atom stereocenters. The smallest absolute Gasteiger partial charge is 0.0515 e. The Morgan fingerprint density at radius 2 is 2.17 bits per heavy atom. The third-order valence-electron chi connectivity index (χ3n) is 2.22. The number of fused-ring (bicyclic) bond motifs is 1. The van der Waals surface area contributed by atoms with Crippen LogP contribution >= 0.6 is 0 Å². The predicted octanol–water partition coefficient (Wildman–Crippen LogP) is 2.36. The van der Waals surface area contributed by atoms with E-state index in [9.17, 15) is 0 Å². The fourth-order valence-corrected chi connectivity index (χ4v) is 1.65. The fourth-order valence-electron chi connectivity index (χ4n) is 1.65. The molecule has 1 heteroatoms. The molecule has 1 aromatic rings. The van der Waals surface area contributed by atoms with Crippen LogP contribution in [0.2, 0.25) is 0 Å². The van der Waals surface area contributed by atoms with Gasteiger partial charge in [0.25, 0.3) is 0 Å². The minimum absolute atomic E-state index is 0.436. The quantitative estimate of drug-likeness (QED) is 0.698. The molecule has 0 radical (unpaired) electrons. The number of likely N-dealkylation sites (N-methyl/N-ethyl adjacent to an activating group) is 1. The molecule has 0 saturated heterocycles. The van der Waals surface area contributed by atoms with Gasteiger partial charge in [0.1, 0.15) is 0 Å². The second-order valence-electron chi connectivity index (χ2n) is 3.02. The Bertz CT molecular complexity index is 302. The van der Waals surface area contributed by atoms with E-state index in [2.05, 4.69) is 48.7 Å². The summed E-state index contributed by atoms with van der Waals surface area (Å²) in [5.74, 6) is 0. The van der Waals surface area contributed by atoms with Crippen molar-refractivity contribution in [1.82, 2.24) is 5.32 Å². The highest BCUT2D eigenvalue weighted by molar-refractivity contribution is 5.61. The first kappa shape index (κ1) is 7.56. The summed E-state index contributed by atoms with van der Waals surface area (Å²) in [4.78, 5) is 0. The predicted molar refractivity (Wildman–Crippen MR) is 51.9 cm³/mol. The molecule has 0 amide bonds. The van der Waals surface area contributed by atoms with Crippen LogP contribution in [0.4, 0.5) is 0 Å². The van der Waals surface area contributed by atoms with Gasteiger partial charge in [0, 0.05) is 0 Å². The van der Waals surface area contributed by atoms with Gasteiger partial charge >= 0.3 is 0 Å². The second kappa shape index (κ2) is 3.11. The van der Waals surface area contributed by atoms with Crippen LogP contribution in [0, 0.1) is 0 Å². The monoisotopic (exact) mass is 159 g/mol. The zero-order valence-electron chi connectivity index (χ0n) is 7.25. The Morgan fingerprint density at radius 3 is 3.00 bits per heavy atom. The van der Waals surface area contributed by atoms with Crippen molar-refractivity contribution in [1.29, 1.82) is 0 Å². The third kappa shape index (κ3) is 1.16. The Labute approximate surface area is 73.1 Å². The summed E-state index contributed by atoms with van der Waals surface area (Å²) >= 11 is 0. The van der Waals surface area contributed by atoms with Crippen LogP contribution in [-0.4, -0.2) is 6.54 Å². The van der Waals surface area contributed by atoms with Crippen molar-refractivity contribution in [3.8, 4) is 0 Å². The second-order valence-corrected chi connectivity index (χ2v) is 3.02. The first-order chi connectivity index (χ1) is 5.92. The molecular weight excluding hydrogens is 146 g/mol. The number of rotatable bonds is 2.